The van der Waals surface area contributed by atoms with Gasteiger partial charge < -0.3 is 15.4 Å². The van der Waals surface area contributed by atoms with E-state index < -0.39 is 0 Å². The van der Waals surface area contributed by atoms with E-state index in [9.17, 15) is 4.79 Å². The lowest BCUT2D eigenvalue weighted by atomic mass is 10.3. The van der Waals surface area contributed by atoms with Crippen LogP contribution in [0.5, 0.6) is 5.75 Å². The zero-order valence-electron chi connectivity index (χ0n) is 12.0. The maximum absolute atomic E-state index is 12.1. The van der Waals surface area contributed by atoms with Crippen LogP contribution in [0.15, 0.2) is 35.7 Å². The second kappa shape index (κ2) is 7.75. The first-order valence-corrected chi connectivity index (χ1v) is 7.66. The lowest BCUT2D eigenvalue weighted by molar-refractivity contribution is 0.0782. The molecule has 0 unspecified atom stereocenters. The van der Waals surface area contributed by atoms with Gasteiger partial charge in [-0.25, -0.2) is 4.98 Å². The van der Waals surface area contributed by atoms with Gasteiger partial charge in [0.25, 0.3) is 5.91 Å². The molecule has 1 amide bonds. The van der Waals surface area contributed by atoms with Crippen LogP contribution in [-0.4, -0.2) is 36.0 Å². The Morgan fingerprint density at radius 1 is 1.38 bits per heavy atom. The van der Waals surface area contributed by atoms with Crippen molar-refractivity contribution in [1.82, 2.24) is 9.88 Å². The summed E-state index contributed by atoms with van der Waals surface area (Å²) < 4.78 is 5.60. The van der Waals surface area contributed by atoms with Crippen LogP contribution < -0.4 is 10.5 Å². The van der Waals surface area contributed by atoms with Gasteiger partial charge in [-0.05, 0) is 18.6 Å². The summed E-state index contributed by atoms with van der Waals surface area (Å²) in [7, 11) is 1.77. The van der Waals surface area contributed by atoms with E-state index >= 15 is 0 Å². The molecule has 2 rings (SSSR count). The molecule has 0 radical (unpaired) electrons. The zero-order valence-corrected chi connectivity index (χ0v) is 12.8. The van der Waals surface area contributed by atoms with Gasteiger partial charge >= 0.3 is 0 Å². The molecule has 0 fully saturated rings. The molecule has 0 spiro atoms. The summed E-state index contributed by atoms with van der Waals surface area (Å²) in [5.41, 5.74) is 5.96. The Balaban J connectivity index is 1.74. The topological polar surface area (TPSA) is 68.5 Å². The third-order valence-corrected chi connectivity index (χ3v) is 3.81. The maximum atomic E-state index is 12.1. The standard InChI is InChI=1S/C15H19N3O2S/c1-18(15(19)13-11-21-14(10-16)17-13)8-5-9-20-12-6-3-2-4-7-12/h2-4,6-7,11H,5,8-10,16H2,1H3. The van der Waals surface area contributed by atoms with Crippen molar-refractivity contribution in [3.8, 4) is 5.75 Å². The summed E-state index contributed by atoms with van der Waals surface area (Å²) in [4.78, 5) is 18.0. The summed E-state index contributed by atoms with van der Waals surface area (Å²) in [5.74, 6) is 0.768. The van der Waals surface area contributed by atoms with E-state index in [4.69, 9.17) is 10.5 Å². The smallest absolute Gasteiger partial charge is 0.273 e. The molecule has 0 saturated carbocycles. The van der Waals surface area contributed by atoms with Gasteiger partial charge in [-0.15, -0.1) is 11.3 Å². The second-order valence-corrected chi connectivity index (χ2v) is 5.52. The van der Waals surface area contributed by atoms with Crippen molar-refractivity contribution in [3.63, 3.8) is 0 Å². The summed E-state index contributed by atoms with van der Waals surface area (Å²) in [6.07, 6.45) is 0.769. The number of carbonyl (C=O) groups is 1. The molecule has 21 heavy (non-hydrogen) atoms. The van der Waals surface area contributed by atoms with Crippen LogP contribution in [0.25, 0.3) is 0 Å². The highest BCUT2D eigenvalue weighted by atomic mass is 32.1. The molecule has 0 aliphatic rings. The summed E-state index contributed by atoms with van der Waals surface area (Å²) in [6.45, 7) is 1.57. The van der Waals surface area contributed by atoms with Crippen molar-refractivity contribution in [3.05, 3.63) is 46.4 Å². The third-order valence-electron chi connectivity index (χ3n) is 2.94. The molecule has 112 valence electrons. The molecule has 0 bridgehead atoms. The van der Waals surface area contributed by atoms with E-state index in [1.165, 1.54) is 11.3 Å². The van der Waals surface area contributed by atoms with Crippen LogP contribution in [0, 0.1) is 0 Å². The predicted octanol–water partition coefficient (Wildman–Crippen LogP) is 2.14. The fourth-order valence-electron chi connectivity index (χ4n) is 1.81. The third kappa shape index (κ3) is 4.54. The second-order valence-electron chi connectivity index (χ2n) is 4.57. The predicted molar refractivity (Wildman–Crippen MR) is 83.5 cm³/mol. The number of hydrogen-bond acceptors (Lipinski definition) is 5. The molecule has 2 aromatic rings. The number of nitrogens with zero attached hydrogens (tertiary/aromatic N) is 2. The van der Waals surface area contributed by atoms with Crippen LogP contribution in [-0.2, 0) is 6.54 Å². The first kappa shape index (κ1) is 15.5. The number of nitrogens with two attached hydrogens (primary N) is 1. The number of ether oxygens (including phenoxy) is 1. The first-order chi connectivity index (χ1) is 10.2. The number of thiazole rings is 1. The average Bonchev–Trinajstić information content (AvgIpc) is 3.00. The molecule has 0 aliphatic carbocycles. The van der Waals surface area contributed by atoms with E-state index in [2.05, 4.69) is 4.98 Å². The van der Waals surface area contributed by atoms with Gasteiger partial charge in [0.15, 0.2) is 0 Å². The fourth-order valence-corrected chi connectivity index (χ4v) is 2.46. The first-order valence-electron chi connectivity index (χ1n) is 6.78. The Bertz CT molecular complexity index is 571. The zero-order chi connectivity index (χ0) is 15.1. The van der Waals surface area contributed by atoms with Gasteiger partial charge in [0.05, 0.1) is 6.61 Å². The van der Waals surface area contributed by atoms with E-state index in [-0.39, 0.29) is 5.91 Å². The van der Waals surface area contributed by atoms with Gasteiger partial charge in [-0.1, -0.05) is 18.2 Å². The van der Waals surface area contributed by atoms with Gasteiger partial charge in [0.2, 0.25) is 0 Å². The van der Waals surface area contributed by atoms with Crippen molar-refractivity contribution in [1.29, 1.82) is 0 Å². The number of carbonyl (C=O) groups excluding carboxylic acids is 1. The number of hydrogen-bond donors (Lipinski definition) is 1. The molecular formula is C15H19N3O2S. The Hall–Kier alpha value is -1.92. The van der Waals surface area contributed by atoms with Gasteiger partial charge in [-0.3, -0.25) is 4.79 Å². The minimum atomic E-state index is -0.0781. The largest absolute Gasteiger partial charge is 0.494 e. The van der Waals surface area contributed by atoms with E-state index in [0.717, 1.165) is 17.2 Å². The lowest BCUT2D eigenvalue weighted by Gasteiger charge is -2.16. The minimum absolute atomic E-state index is 0.0781. The molecular weight excluding hydrogens is 286 g/mol. The maximum Gasteiger partial charge on any atom is 0.273 e. The Labute approximate surface area is 128 Å². The quantitative estimate of drug-likeness (QED) is 0.796. The molecule has 2 N–H and O–H groups in total. The van der Waals surface area contributed by atoms with Crippen LogP contribution >= 0.6 is 11.3 Å². The van der Waals surface area contributed by atoms with Gasteiger partial charge in [-0.2, -0.15) is 0 Å². The Kier molecular flexibility index (Phi) is 5.71. The molecule has 6 heteroatoms. The van der Waals surface area contributed by atoms with Crippen LogP contribution in [0.1, 0.15) is 21.9 Å². The van der Waals surface area contributed by atoms with E-state index in [1.807, 2.05) is 30.3 Å². The molecule has 0 saturated heterocycles. The highest BCUT2D eigenvalue weighted by Gasteiger charge is 2.14. The van der Waals surface area contributed by atoms with E-state index in [1.54, 1.807) is 17.3 Å². The Morgan fingerprint density at radius 2 is 2.14 bits per heavy atom. The Morgan fingerprint density at radius 3 is 2.81 bits per heavy atom. The van der Waals surface area contributed by atoms with Crippen molar-refractivity contribution in [2.75, 3.05) is 20.2 Å². The molecule has 0 aliphatic heterocycles. The van der Waals surface area contributed by atoms with Crippen LogP contribution in [0.3, 0.4) is 0 Å². The molecule has 0 atom stereocenters. The molecule has 1 heterocycles. The number of rotatable bonds is 7. The van der Waals surface area contributed by atoms with Crippen molar-refractivity contribution >= 4 is 17.2 Å². The normalized spacial score (nSPS) is 10.4. The number of amides is 1. The number of benzene rings is 1. The SMILES string of the molecule is CN(CCCOc1ccccc1)C(=O)c1csc(CN)n1. The average molecular weight is 305 g/mol. The summed E-state index contributed by atoms with van der Waals surface area (Å²) in [6, 6.07) is 9.64. The summed E-state index contributed by atoms with van der Waals surface area (Å²) >= 11 is 1.41. The molecule has 5 nitrogen and oxygen atoms in total. The summed E-state index contributed by atoms with van der Waals surface area (Å²) in [5, 5.41) is 2.53. The minimum Gasteiger partial charge on any atom is -0.494 e. The monoisotopic (exact) mass is 305 g/mol. The highest BCUT2D eigenvalue weighted by molar-refractivity contribution is 7.09. The van der Waals surface area contributed by atoms with Gasteiger partial charge in [0.1, 0.15) is 16.5 Å². The molecule has 1 aromatic carbocycles. The van der Waals surface area contributed by atoms with Crippen LogP contribution in [0.4, 0.5) is 0 Å². The van der Waals surface area contributed by atoms with Crippen LogP contribution in [0.2, 0.25) is 0 Å². The lowest BCUT2D eigenvalue weighted by Crippen LogP contribution is -2.29. The van der Waals surface area contributed by atoms with Crippen molar-refractivity contribution in [2.24, 2.45) is 5.73 Å². The highest BCUT2D eigenvalue weighted by Crippen LogP contribution is 2.11. The van der Waals surface area contributed by atoms with E-state index in [0.29, 0.717) is 25.4 Å². The van der Waals surface area contributed by atoms with Gasteiger partial charge in [0, 0.05) is 25.5 Å². The number of para-hydroxylation sites is 1. The fraction of sp³-hybridized carbons (Fsp3) is 0.333. The van der Waals surface area contributed by atoms with Crippen molar-refractivity contribution < 1.29 is 9.53 Å². The number of aromatic nitrogens is 1. The van der Waals surface area contributed by atoms with Crippen molar-refractivity contribution in [2.45, 2.75) is 13.0 Å². The molecule has 1 aromatic heterocycles.